The molecule has 0 fully saturated rings. The first kappa shape index (κ1) is 15.3. The Morgan fingerprint density at radius 3 is 2.86 bits per heavy atom. The highest BCUT2D eigenvalue weighted by atomic mass is 16.2. The second-order valence-corrected chi connectivity index (χ2v) is 4.95. The van der Waals surface area contributed by atoms with Crippen LogP contribution >= 0.6 is 0 Å². The molecule has 21 heavy (non-hydrogen) atoms. The minimum atomic E-state index is -0.223. The Kier molecular flexibility index (Phi) is 5.54. The van der Waals surface area contributed by atoms with E-state index in [0.717, 1.165) is 31.6 Å². The summed E-state index contributed by atoms with van der Waals surface area (Å²) in [5, 5.41) is 7.13. The van der Waals surface area contributed by atoms with Crippen molar-refractivity contribution in [3.8, 4) is 0 Å². The van der Waals surface area contributed by atoms with Crippen molar-refractivity contribution in [2.45, 2.75) is 45.7 Å². The number of hydrogen-bond donors (Lipinski definition) is 1. The number of amides is 1. The van der Waals surface area contributed by atoms with E-state index in [1.807, 2.05) is 31.6 Å². The lowest BCUT2D eigenvalue weighted by atomic mass is 10.2. The van der Waals surface area contributed by atoms with Gasteiger partial charge in [0.1, 0.15) is 11.9 Å². The van der Waals surface area contributed by atoms with Crippen LogP contribution in [0, 0.1) is 0 Å². The first-order valence-electron chi connectivity index (χ1n) is 7.53. The summed E-state index contributed by atoms with van der Waals surface area (Å²) >= 11 is 0. The maximum absolute atomic E-state index is 12.2. The highest BCUT2D eigenvalue weighted by Gasteiger charge is 2.17. The molecule has 6 nitrogen and oxygen atoms in total. The van der Waals surface area contributed by atoms with Crippen molar-refractivity contribution < 1.29 is 4.79 Å². The van der Waals surface area contributed by atoms with Crippen LogP contribution in [0.4, 0.5) is 0 Å². The Morgan fingerprint density at radius 1 is 1.33 bits per heavy atom. The van der Waals surface area contributed by atoms with Crippen LogP contribution in [0.2, 0.25) is 0 Å². The first-order chi connectivity index (χ1) is 10.3. The van der Waals surface area contributed by atoms with Crippen molar-refractivity contribution in [1.29, 1.82) is 0 Å². The molecule has 2 aromatic rings. The van der Waals surface area contributed by atoms with Gasteiger partial charge in [-0.2, -0.15) is 5.10 Å². The molecule has 0 bridgehead atoms. The maximum atomic E-state index is 12.2. The summed E-state index contributed by atoms with van der Waals surface area (Å²) in [6.07, 6.45) is 9.88. The summed E-state index contributed by atoms with van der Waals surface area (Å²) in [7, 11) is 0. The summed E-state index contributed by atoms with van der Waals surface area (Å²) in [6.45, 7) is 5.63. The average molecular weight is 289 g/mol. The predicted octanol–water partition coefficient (Wildman–Crippen LogP) is 1.80. The van der Waals surface area contributed by atoms with E-state index in [2.05, 4.69) is 26.9 Å². The molecule has 1 atom stereocenters. The zero-order valence-electron chi connectivity index (χ0n) is 12.7. The van der Waals surface area contributed by atoms with Crippen LogP contribution in [-0.2, 0) is 17.8 Å². The maximum Gasteiger partial charge on any atom is 0.244 e. The molecular formula is C15H23N5O. The van der Waals surface area contributed by atoms with E-state index >= 15 is 0 Å². The fraction of sp³-hybridized carbons (Fsp3) is 0.533. The van der Waals surface area contributed by atoms with Crippen LogP contribution < -0.4 is 5.32 Å². The van der Waals surface area contributed by atoms with Crippen LogP contribution in [0.1, 0.15) is 38.6 Å². The van der Waals surface area contributed by atoms with Crippen molar-refractivity contribution in [1.82, 2.24) is 24.6 Å². The highest BCUT2D eigenvalue weighted by molar-refractivity contribution is 5.80. The minimum Gasteiger partial charge on any atom is -0.354 e. The molecule has 0 saturated heterocycles. The number of carbonyl (C=O) groups is 1. The number of hydrogen-bond acceptors (Lipinski definition) is 3. The topological polar surface area (TPSA) is 64.7 Å². The number of aromatic nitrogens is 4. The van der Waals surface area contributed by atoms with Gasteiger partial charge in [-0.15, -0.1) is 0 Å². The highest BCUT2D eigenvalue weighted by Crippen LogP contribution is 2.09. The largest absolute Gasteiger partial charge is 0.354 e. The van der Waals surface area contributed by atoms with E-state index < -0.39 is 0 Å². The second kappa shape index (κ2) is 7.61. The minimum absolute atomic E-state index is 0.0301. The number of nitrogens with zero attached hydrogens (tertiary/aromatic N) is 4. The van der Waals surface area contributed by atoms with E-state index in [1.54, 1.807) is 10.9 Å². The SMILES string of the molecule is CCc1nccn1CCCNC(=O)C(CC)n1cccn1. The number of imidazole rings is 1. The van der Waals surface area contributed by atoms with Gasteiger partial charge in [-0.05, 0) is 18.9 Å². The number of carbonyl (C=O) groups excluding carboxylic acids is 1. The van der Waals surface area contributed by atoms with Gasteiger partial charge in [0.15, 0.2) is 0 Å². The summed E-state index contributed by atoms with van der Waals surface area (Å²) in [5.41, 5.74) is 0. The van der Waals surface area contributed by atoms with Crippen molar-refractivity contribution in [3.05, 3.63) is 36.7 Å². The molecule has 0 radical (unpaired) electrons. The van der Waals surface area contributed by atoms with Crippen molar-refractivity contribution in [2.75, 3.05) is 6.54 Å². The van der Waals surface area contributed by atoms with Gasteiger partial charge in [0, 0.05) is 44.3 Å². The van der Waals surface area contributed by atoms with Gasteiger partial charge in [0.25, 0.3) is 0 Å². The molecule has 1 amide bonds. The van der Waals surface area contributed by atoms with Gasteiger partial charge < -0.3 is 9.88 Å². The van der Waals surface area contributed by atoms with Crippen LogP contribution in [0.5, 0.6) is 0 Å². The molecule has 0 aliphatic heterocycles. The van der Waals surface area contributed by atoms with Gasteiger partial charge in [-0.1, -0.05) is 13.8 Å². The van der Waals surface area contributed by atoms with E-state index in [4.69, 9.17) is 0 Å². The summed E-state index contributed by atoms with van der Waals surface area (Å²) < 4.78 is 3.84. The zero-order valence-corrected chi connectivity index (χ0v) is 12.7. The lowest BCUT2D eigenvalue weighted by Crippen LogP contribution is -2.33. The monoisotopic (exact) mass is 289 g/mol. The Hall–Kier alpha value is -2.11. The van der Waals surface area contributed by atoms with E-state index in [1.165, 1.54) is 0 Å². The third-order valence-corrected chi connectivity index (χ3v) is 3.53. The number of aryl methyl sites for hydroxylation is 2. The molecule has 1 unspecified atom stereocenters. The molecular weight excluding hydrogens is 266 g/mol. The van der Waals surface area contributed by atoms with Crippen LogP contribution in [0.15, 0.2) is 30.9 Å². The number of rotatable bonds is 8. The molecule has 114 valence electrons. The smallest absolute Gasteiger partial charge is 0.244 e. The third kappa shape index (κ3) is 3.93. The van der Waals surface area contributed by atoms with Gasteiger partial charge in [0.05, 0.1) is 0 Å². The van der Waals surface area contributed by atoms with Crippen LogP contribution in [0.25, 0.3) is 0 Å². The molecule has 6 heteroatoms. The molecule has 0 saturated carbocycles. The van der Waals surface area contributed by atoms with Crippen molar-refractivity contribution in [3.63, 3.8) is 0 Å². The van der Waals surface area contributed by atoms with Crippen LogP contribution in [-0.4, -0.2) is 31.8 Å². The summed E-state index contributed by atoms with van der Waals surface area (Å²) in [4.78, 5) is 16.5. The normalized spacial score (nSPS) is 12.3. The van der Waals surface area contributed by atoms with Crippen molar-refractivity contribution in [2.24, 2.45) is 0 Å². The fourth-order valence-electron chi connectivity index (χ4n) is 2.39. The molecule has 1 N–H and O–H groups in total. The van der Waals surface area contributed by atoms with Gasteiger partial charge in [0.2, 0.25) is 5.91 Å². The van der Waals surface area contributed by atoms with E-state index in [-0.39, 0.29) is 11.9 Å². The lowest BCUT2D eigenvalue weighted by molar-refractivity contribution is -0.124. The van der Waals surface area contributed by atoms with Gasteiger partial charge in [-0.3, -0.25) is 9.48 Å². The van der Waals surface area contributed by atoms with Crippen molar-refractivity contribution >= 4 is 5.91 Å². The Balaban J connectivity index is 1.76. The third-order valence-electron chi connectivity index (χ3n) is 3.53. The zero-order chi connectivity index (χ0) is 15.1. The Bertz CT molecular complexity index is 546. The molecule has 0 aliphatic rings. The molecule has 2 heterocycles. The first-order valence-corrected chi connectivity index (χ1v) is 7.53. The summed E-state index contributed by atoms with van der Waals surface area (Å²) in [5.74, 6) is 1.12. The van der Waals surface area contributed by atoms with Crippen LogP contribution in [0.3, 0.4) is 0 Å². The fourth-order valence-corrected chi connectivity index (χ4v) is 2.39. The molecule has 0 spiro atoms. The lowest BCUT2D eigenvalue weighted by Gasteiger charge is -2.15. The van der Waals surface area contributed by atoms with Gasteiger partial charge in [-0.25, -0.2) is 4.98 Å². The molecule has 2 rings (SSSR count). The Labute approximate surface area is 125 Å². The predicted molar refractivity (Wildman–Crippen MR) is 80.8 cm³/mol. The van der Waals surface area contributed by atoms with Gasteiger partial charge >= 0.3 is 0 Å². The molecule has 0 aromatic carbocycles. The van der Waals surface area contributed by atoms with E-state index in [0.29, 0.717) is 6.54 Å². The molecule has 2 aromatic heterocycles. The quantitative estimate of drug-likeness (QED) is 0.754. The second-order valence-electron chi connectivity index (χ2n) is 4.95. The molecule has 0 aliphatic carbocycles. The summed E-state index contributed by atoms with van der Waals surface area (Å²) in [6, 6.07) is 1.61. The average Bonchev–Trinajstić information content (AvgIpc) is 3.15. The number of nitrogens with one attached hydrogen (secondary N) is 1. The standard InChI is InChI=1S/C15H23N5O/c1-3-13(20-11-6-8-18-20)15(21)17-7-5-10-19-12-9-16-14(19)4-2/h6,8-9,11-13H,3-5,7,10H2,1-2H3,(H,17,21). The van der Waals surface area contributed by atoms with E-state index in [9.17, 15) is 4.79 Å². The Morgan fingerprint density at radius 2 is 2.19 bits per heavy atom.